The van der Waals surface area contributed by atoms with Gasteiger partial charge in [0.2, 0.25) is 0 Å². The first kappa shape index (κ1) is 14.2. The van der Waals surface area contributed by atoms with Crippen molar-refractivity contribution in [1.82, 2.24) is 0 Å². The third kappa shape index (κ3) is 2.70. The van der Waals surface area contributed by atoms with Gasteiger partial charge in [0.05, 0.1) is 18.4 Å². The molecular weight excluding hydrogens is 276 g/mol. The Labute approximate surface area is 122 Å². The maximum Gasteiger partial charge on any atom is 0.257 e. The molecule has 0 aromatic heterocycles. The number of para-hydroxylation sites is 1. The molecule has 0 spiro atoms. The van der Waals surface area contributed by atoms with E-state index in [0.29, 0.717) is 27.7 Å². The molecule has 0 heterocycles. The fourth-order valence-corrected chi connectivity index (χ4v) is 2.03. The van der Waals surface area contributed by atoms with Crippen molar-refractivity contribution in [2.24, 2.45) is 0 Å². The predicted octanol–water partition coefficient (Wildman–Crippen LogP) is 3.49. The van der Waals surface area contributed by atoms with Crippen molar-refractivity contribution in [2.45, 2.75) is 6.92 Å². The molecule has 2 aromatic rings. The van der Waals surface area contributed by atoms with E-state index >= 15 is 0 Å². The normalized spacial score (nSPS) is 10.2. The van der Waals surface area contributed by atoms with Crippen molar-refractivity contribution >= 4 is 28.9 Å². The molecule has 0 radical (unpaired) electrons. The number of anilines is 2. The number of hydrogen-bond donors (Lipinski definition) is 2. The van der Waals surface area contributed by atoms with Gasteiger partial charge in [0.1, 0.15) is 5.75 Å². The van der Waals surface area contributed by atoms with E-state index in [1.807, 2.05) is 6.92 Å². The highest BCUT2D eigenvalue weighted by molar-refractivity contribution is 6.31. The number of carbonyl (C=O) groups is 1. The Bertz CT molecular complexity index is 656. The van der Waals surface area contributed by atoms with Gasteiger partial charge in [0.15, 0.2) is 0 Å². The maximum absolute atomic E-state index is 12.3. The maximum atomic E-state index is 12.3. The Morgan fingerprint density at radius 3 is 2.65 bits per heavy atom. The van der Waals surface area contributed by atoms with E-state index < -0.39 is 0 Å². The number of ether oxygens (including phenoxy) is 1. The van der Waals surface area contributed by atoms with Crippen LogP contribution in [0.2, 0.25) is 5.02 Å². The molecule has 0 aliphatic carbocycles. The molecule has 4 nitrogen and oxygen atoms in total. The van der Waals surface area contributed by atoms with Crippen LogP contribution in [-0.2, 0) is 0 Å². The van der Waals surface area contributed by atoms with Crippen molar-refractivity contribution in [1.29, 1.82) is 0 Å². The summed E-state index contributed by atoms with van der Waals surface area (Å²) in [6, 6.07) is 10.4. The second-order valence-corrected chi connectivity index (χ2v) is 4.70. The first-order valence-corrected chi connectivity index (χ1v) is 6.41. The average Bonchev–Trinajstić information content (AvgIpc) is 2.44. The van der Waals surface area contributed by atoms with Gasteiger partial charge in [-0.1, -0.05) is 23.7 Å². The number of benzene rings is 2. The van der Waals surface area contributed by atoms with Crippen molar-refractivity contribution in [3.63, 3.8) is 0 Å². The smallest absolute Gasteiger partial charge is 0.257 e. The minimum Gasteiger partial charge on any atom is -0.495 e. The first-order chi connectivity index (χ1) is 9.54. The van der Waals surface area contributed by atoms with Gasteiger partial charge in [-0.3, -0.25) is 4.79 Å². The molecule has 0 aliphatic rings. The van der Waals surface area contributed by atoms with Crippen LogP contribution in [0.5, 0.6) is 5.75 Å². The predicted molar refractivity (Wildman–Crippen MR) is 81.5 cm³/mol. The highest BCUT2D eigenvalue weighted by atomic mass is 35.5. The lowest BCUT2D eigenvalue weighted by Gasteiger charge is -2.12. The van der Waals surface area contributed by atoms with Gasteiger partial charge in [-0.05, 0) is 36.8 Å². The summed E-state index contributed by atoms with van der Waals surface area (Å²) >= 11 is 6.03. The molecule has 2 rings (SSSR count). The molecule has 0 aliphatic heterocycles. The summed E-state index contributed by atoms with van der Waals surface area (Å²) in [6.07, 6.45) is 0. The van der Waals surface area contributed by atoms with Gasteiger partial charge in [-0.25, -0.2) is 0 Å². The molecule has 0 saturated heterocycles. The van der Waals surface area contributed by atoms with Crippen molar-refractivity contribution in [3.05, 3.63) is 52.5 Å². The Kier molecular flexibility index (Phi) is 4.15. The lowest BCUT2D eigenvalue weighted by atomic mass is 10.1. The number of halogens is 1. The van der Waals surface area contributed by atoms with E-state index in [9.17, 15) is 4.79 Å². The van der Waals surface area contributed by atoms with E-state index in [1.165, 1.54) is 7.11 Å². The van der Waals surface area contributed by atoms with Crippen LogP contribution in [0, 0.1) is 6.92 Å². The number of methoxy groups -OCH3 is 1. The van der Waals surface area contributed by atoms with Crippen molar-refractivity contribution in [2.75, 3.05) is 18.2 Å². The number of rotatable bonds is 3. The van der Waals surface area contributed by atoms with Gasteiger partial charge in [-0.15, -0.1) is 0 Å². The number of amides is 1. The van der Waals surface area contributed by atoms with Crippen molar-refractivity contribution < 1.29 is 9.53 Å². The molecule has 3 N–H and O–H groups in total. The zero-order chi connectivity index (χ0) is 14.7. The Morgan fingerprint density at radius 2 is 1.95 bits per heavy atom. The number of carbonyl (C=O) groups excluding carboxylic acids is 1. The molecule has 2 aromatic carbocycles. The second kappa shape index (κ2) is 5.84. The van der Waals surface area contributed by atoms with E-state index in [-0.39, 0.29) is 5.91 Å². The number of hydrogen-bond acceptors (Lipinski definition) is 3. The average molecular weight is 291 g/mol. The minimum atomic E-state index is -0.299. The SMILES string of the molecule is COc1cccc(C(=O)Nc2cccc(Cl)c2C)c1N. The largest absolute Gasteiger partial charge is 0.495 e. The van der Waals surface area contributed by atoms with Crippen LogP contribution in [0.1, 0.15) is 15.9 Å². The van der Waals surface area contributed by atoms with Gasteiger partial charge in [0.25, 0.3) is 5.91 Å². The third-order valence-electron chi connectivity index (χ3n) is 3.05. The summed E-state index contributed by atoms with van der Waals surface area (Å²) in [7, 11) is 1.51. The molecule has 1 amide bonds. The summed E-state index contributed by atoms with van der Waals surface area (Å²) in [5.74, 6) is 0.173. The summed E-state index contributed by atoms with van der Waals surface area (Å²) in [6.45, 7) is 1.84. The minimum absolute atomic E-state index is 0.299. The Hall–Kier alpha value is -2.20. The summed E-state index contributed by atoms with van der Waals surface area (Å²) in [4.78, 5) is 12.3. The number of nitrogens with one attached hydrogen (secondary N) is 1. The molecule has 0 bridgehead atoms. The molecule has 0 fully saturated rings. The summed E-state index contributed by atoms with van der Waals surface area (Å²) < 4.78 is 5.10. The standard InChI is InChI=1S/C15H15ClN2O2/c1-9-11(16)6-4-7-12(9)18-15(19)10-5-3-8-13(20-2)14(10)17/h3-8H,17H2,1-2H3,(H,18,19). The first-order valence-electron chi connectivity index (χ1n) is 6.03. The molecule has 104 valence electrons. The molecule has 20 heavy (non-hydrogen) atoms. The zero-order valence-electron chi connectivity index (χ0n) is 11.2. The quantitative estimate of drug-likeness (QED) is 0.851. The topological polar surface area (TPSA) is 64.3 Å². The van der Waals surface area contributed by atoms with E-state index in [4.69, 9.17) is 22.1 Å². The third-order valence-corrected chi connectivity index (χ3v) is 3.46. The van der Waals surface area contributed by atoms with E-state index in [0.717, 1.165) is 5.56 Å². The second-order valence-electron chi connectivity index (χ2n) is 4.29. The lowest BCUT2D eigenvalue weighted by Crippen LogP contribution is -2.15. The van der Waals surface area contributed by atoms with Gasteiger partial charge in [-0.2, -0.15) is 0 Å². The van der Waals surface area contributed by atoms with Crippen LogP contribution < -0.4 is 15.8 Å². The summed E-state index contributed by atoms with van der Waals surface area (Å²) in [5.41, 5.74) is 8.05. The van der Waals surface area contributed by atoms with Crippen LogP contribution in [0.3, 0.4) is 0 Å². The fourth-order valence-electron chi connectivity index (χ4n) is 1.85. The highest BCUT2D eigenvalue weighted by Crippen LogP contribution is 2.27. The number of nitrogen functional groups attached to an aromatic ring is 1. The lowest BCUT2D eigenvalue weighted by molar-refractivity contribution is 0.102. The molecule has 0 saturated carbocycles. The fraction of sp³-hybridized carbons (Fsp3) is 0.133. The van der Waals surface area contributed by atoms with E-state index in [1.54, 1.807) is 36.4 Å². The highest BCUT2D eigenvalue weighted by Gasteiger charge is 2.14. The van der Waals surface area contributed by atoms with Crippen LogP contribution in [0.25, 0.3) is 0 Å². The van der Waals surface area contributed by atoms with Gasteiger partial charge < -0.3 is 15.8 Å². The van der Waals surface area contributed by atoms with Crippen molar-refractivity contribution in [3.8, 4) is 5.75 Å². The van der Waals surface area contributed by atoms with Gasteiger partial charge in [0, 0.05) is 10.7 Å². The molecule has 0 unspecified atom stereocenters. The molecule has 5 heteroatoms. The van der Waals surface area contributed by atoms with Crippen LogP contribution >= 0.6 is 11.6 Å². The van der Waals surface area contributed by atoms with Crippen LogP contribution in [-0.4, -0.2) is 13.0 Å². The Balaban J connectivity index is 2.31. The van der Waals surface area contributed by atoms with Crippen LogP contribution in [0.4, 0.5) is 11.4 Å². The molecule has 0 atom stereocenters. The monoisotopic (exact) mass is 290 g/mol. The zero-order valence-corrected chi connectivity index (χ0v) is 12.0. The van der Waals surface area contributed by atoms with E-state index in [2.05, 4.69) is 5.32 Å². The summed E-state index contributed by atoms with van der Waals surface area (Å²) in [5, 5.41) is 3.40. The molecular formula is C15H15ClN2O2. The Morgan fingerprint density at radius 1 is 1.25 bits per heavy atom. The van der Waals surface area contributed by atoms with Gasteiger partial charge >= 0.3 is 0 Å². The van der Waals surface area contributed by atoms with Crippen LogP contribution in [0.15, 0.2) is 36.4 Å². The number of nitrogens with two attached hydrogens (primary N) is 1.